The lowest BCUT2D eigenvalue weighted by Gasteiger charge is -2.07. The molecule has 2 amide bonds. The Morgan fingerprint density at radius 1 is 1.04 bits per heavy atom. The fourth-order valence-corrected chi connectivity index (χ4v) is 2.08. The smallest absolute Gasteiger partial charge is 0.313 e. The zero-order valence-corrected chi connectivity index (χ0v) is 12.9. The monoisotopic (exact) mass is 314 g/mol. The zero-order chi connectivity index (χ0) is 16.7. The van der Waals surface area contributed by atoms with Crippen LogP contribution in [0.4, 0.5) is 10.1 Å². The highest BCUT2D eigenvalue weighted by molar-refractivity contribution is 6.39. The molecule has 0 saturated heterocycles. The maximum absolute atomic E-state index is 13.4. The molecule has 5 heteroatoms. The predicted molar refractivity (Wildman–Crippen MR) is 87.5 cm³/mol. The largest absolute Gasteiger partial charge is 0.348 e. The van der Waals surface area contributed by atoms with Gasteiger partial charge in [0.05, 0.1) is 0 Å². The van der Waals surface area contributed by atoms with Crippen molar-refractivity contribution >= 4 is 17.5 Å². The van der Waals surface area contributed by atoms with E-state index in [4.69, 9.17) is 0 Å². The van der Waals surface area contributed by atoms with Crippen LogP contribution in [0.3, 0.4) is 0 Å². The number of benzene rings is 2. The third-order valence-electron chi connectivity index (χ3n) is 3.41. The van der Waals surface area contributed by atoms with Gasteiger partial charge in [0.2, 0.25) is 0 Å². The summed E-state index contributed by atoms with van der Waals surface area (Å²) >= 11 is 0. The topological polar surface area (TPSA) is 58.2 Å². The second-order valence-electron chi connectivity index (χ2n) is 5.26. The summed E-state index contributed by atoms with van der Waals surface area (Å²) in [5, 5.41) is 4.93. The van der Waals surface area contributed by atoms with E-state index in [0.29, 0.717) is 12.1 Å². The van der Waals surface area contributed by atoms with Crippen LogP contribution in [0.2, 0.25) is 0 Å². The molecule has 0 spiro atoms. The normalized spacial score (nSPS) is 10.2. The third kappa shape index (κ3) is 5.21. The number of nitrogens with one attached hydrogen (secondary N) is 2. The Kier molecular flexibility index (Phi) is 5.86. The van der Waals surface area contributed by atoms with E-state index in [0.717, 1.165) is 12.8 Å². The van der Waals surface area contributed by atoms with Crippen molar-refractivity contribution in [2.75, 3.05) is 11.9 Å². The van der Waals surface area contributed by atoms with Crippen LogP contribution in [0.1, 0.15) is 17.5 Å². The Bertz CT molecular complexity index is 687. The van der Waals surface area contributed by atoms with E-state index in [2.05, 4.69) is 10.6 Å². The van der Waals surface area contributed by atoms with Gasteiger partial charge in [0.15, 0.2) is 0 Å². The van der Waals surface area contributed by atoms with Gasteiger partial charge in [-0.3, -0.25) is 9.59 Å². The molecule has 0 bridgehead atoms. The molecule has 0 aliphatic rings. The maximum Gasteiger partial charge on any atom is 0.313 e. The van der Waals surface area contributed by atoms with Crippen LogP contribution in [0.25, 0.3) is 0 Å². The van der Waals surface area contributed by atoms with E-state index in [9.17, 15) is 14.0 Å². The van der Waals surface area contributed by atoms with Gasteiger partial charge in [0.25, 0.3) is 0 Å². The van der Waals surface area contributed by atoms with Gasteiger partial charge >= 0.3 is 11.8 Å². The van der Waals surface area contributed by atoms with Crippen LogP contribution in [-0.2, 0) is 16.0 Å². The van der Waals surface area contributed by atoms with Crippen molar-refractivity contribution in [3.05, 3.63) is 65.5 Å². The number of carbonyl (C=O) groups is 2. The molecular formula is C18H19FN2O2. The third-order valence-corrected chi connectivity index (χ3v) is 3.41. The molecule has 0 aliphatic heterocycles. The van der Waals surface area contributed by atoms with Gasteiger partial charge in [-0.05, 0) is 43.0 Å². The number of carbonyl (C=O) groups excluding carboxylic acids is 2. The van der Waals surface area contributed by atoms with E-state index < -0.39 is 17.6 Å². The summed E-state index contributed by atoms with van der Waals surface area (Å²) in [5.41, 5.74) is 1.92. The van der Waals surface area contributed by atoms with Crippen molar-refractivity contribution in [1.82, 2.24) is 5.32 Å². The molecule has 2 aromatic carbocycles. The maximum atomic E-state index is 13.4. The van der Waals surface area contributed by atoms with Crippen LogP contribution in [0.5, 0.6) is 0 Å². The standard InChI is InChI=1S/C18H19FN2O2/c1-13-9-10-15(12-16(13)19)21-18(23)17(22)20-11-5-8-14-6-3-2-4-7-14/h2-4,6-7,9-10,12H,5,8,11H2,1H3,(H,20,22)(H,21,23). The summed E-state index contributed by atoms with van der Waals surface area (Å²) in [6.07, 6.45) is 1.56. The van der Waals surface area contributed by atoms with Crippen molar-refractivity contribution in [3.8, 4) is 0 Å². The minimum atomic E-state index is -0.798. The van der Waals surface area contributed by atoms with Gasteiger partial charge in [-0.15, -0.1) is 0 Å². The number of hydrogen-bond acceptors (Lipinski definition) is 2. The van der Waals surface area contributed by atoms with Crippen molar-refractivity contribution in [1.29, 1.82) is 0 Å². The Morgan fingerprint density at radius 2 is 1.78 bits per heavy atom. The van der Waals surface area contributed by atoms with Gasteiger partial charge in [-0.1, -0.05) is 36.4 Å². The summed E-state index contributed by atoms with van der Waals surface area (Å²) in [4.78, 5) is 23.4. The summed E-state index contributed by atoms with van der Waals surface area (Å²) < 4.78 is 13.4. The molecule has 0 aliphatic carbocycles. The highest BCUT2D eigenvalue weighted by atomic mass is 19.1. The lowest BCUT2D eigenvalue weighted by molar-refractivity contribution is -0.136. The van der Waals surface area contributed by atoms with Gasteiger partial charge in [0.1, 0.15) is 5.82 Å². The molecule has 120 valence electrons. The summed E-state index contributed by atoms with van der Waals surface area (Å²) in [6.45, 7) is 2.03. The molecule has 4 nitrogen and oxygen atoms in total. The van der Waals surface area contributed by atoms with Gasteiger partial charge in [-0.25, -0.2) is 4.39 Å². The lowest BCUT2D eigenvalue weighted by atomic mass is 10.1. The molecule has 23 heavy (non-hydrogen) atoms. The molecule has 0 heterocycles. The molecule has 0 aromatic heterocycles. The number of aryl methyl sites for hydroxylation is 2. The van der Waals surface area contributed by atoms with Crippen molar-refractivity contribution in [2.24, 2.45) is 0 Å². The van der Waals surface area contributed by atoms with Crippen LogP contribution >= 0.6 is 0 Å². The Morgan fingerprint density at radius 3 is 2.48 bits per heavy atom. The summed E-state index contributed by atoms with van der Waals surface area (Å²) in [5.74, 6) is -1.95. The van der Waals surface area contributed by atoms with Crippen molar-refractivity contribution in [2.45, 2.75) is 19.8 Å². The molecule has 0 radical (unpaired) electrons. The van der Waals surface area contributed by atoms with Gasteiger partial charge in [0, 0.05) is 12.2 Å². The zero-order valence-electron chi connectivity index (χ0n) is 12.9. The number of anilines is 1. The summed E-state index contributed by atoms with van der Waals surface area (Å²) in [6, 6.07) is 14.2. The highest BCUT2D eigenvalue weighted by Gasteiger charge is 2.13. The summed E-state index contributed by atoms with van der Waals surface area (Å²) in [7, 11) is 0. The molecule has 0 atom stereocenters. The number of halogens is 1. The molecule has 2 N–H and O–H groups in total. The molecule has 0 unspecified atom stereocenters. The Hall–Kier alpha value is -2.69. The first-order chi connectivity index (χ1) is 11.1. The SMILES string of the molecule is Cc1ccc(NC(=O)C(=O)NCCCc2ccccc2)cc1F. The first-order valence-electron chi connectivity index (χ1n) is 7.45. The average Bonchev–Trinajstić information content (AvgIpc) is 2.55. The highest BCUT2D eigenvalue weighted by Crippen LogP contribution is 2.13. The fraction of sp³-hybridized carbons (Fsp3) is 0.222. The number of hydrogen-bond donors (Lipinski definition) is 2. The van der Waals surface area contributed by atoms with E-state index >= 15 is 0 Å². The fourth-order valence-electron chi connectivity index (χ4n) is 2.08. The minimum absolute atomic E-state index is 0.262. The second-order valence-corrected chi connectivity index (χ2v) is 5.26. The molecule has 2 aromatic rings. The van der Waals surface area contributed by atoms with E-state index in [1.54, 1.807) is 19.1 Å². The van der Waals surface area contributed by atoms with Crippen molar-refractivity contribution in [3.63, 3.8) is 0 Å². The molecular weight excluding hydrogens is 295 g/mol. The molecule has 0 fully saturated rings. The van der Waals surface area contributed by atoms with E-state index in [1.165, 1.54) is 11.6 Å². The number of rotatable bonds is 5. The average molecular weight is 314 g/mol. The first kappa shape index (κ1) is 16.7. The van der Waals surface area contributed by atoms with Gasteiger partial charge in [-0.2, -0.15) is 0 Å². The van der Waals surface area contributed by atoms with Crippen LogP contribution in [-0.4, -0.2) is 18.4 Å². The van der Waals surface area contributed by atoms with E-state index in [1.807, 2.05) is 30.3 Å². The lowest BCUT2D eigenvalue weighted by Crippen LogP contribution is -2.36. The van der Waals surface area contributed by atoms with Crippen molar-refractivity contribution < 1.29 is 14.0 Å². The Balaban J connectivity index is 1.74. The van der Waals surface area contributed by atoms with Crippen LogP contribution < -0.4 is 10.6 Å². The first-order valence-corrected chi connectivity index (χ1v) is 7.45. The molecule has 2 rings (SSSR count). The molecule has 0 saturated carbocycles. The quantitative estimate of drug-likeness (QED) is 0.658. The Labute approximate surface area is 134 Å². The number of amides is 2. The predicted octanol–water partition coefficient (Wildman–Crippen LogP) is 2.82. The van der Waals surface area contributed by atoms with Crippen LogP contribution in [0.15, 0.2) is 48.5 Å². The van der Waals surface area contributed by atoms with E-state index in [-0.39, 0.29) is 5.69 Å². The second kappa shape index (κ2) is 8.08. The minimum Gasteiger partial charge on any atom is -0.348 e. The van der Waals surface area contributed by atoms with Gasteiger partial charge < -0.3 is 10.6 Å². The van der Waals surface area contributed by atoms with Crippen LogP contribution in [0, 0.1) is 12.7 Å².